The highest BCUT2D eigenvalue weighted by molar-refractivity contribution is 4.88. The van der Waals surface area contributed by atoms with Crippen molar-refractivity contribution in [2.45, 2.75) is 52.6 Å². The Morgan fingerprint density at radius 2 is 2.18 bits per heavy atom. The van der Waals surface area contributed by atoms with Gasteiger partial charge in [-0.3, -0.25) is 0 Å². The predicted octanol–water partition coefficient (Wildman–Crippen LogP) is 2.58. The van der Waals surface area contributed by atoms with Gasteiger partial charge in [-0.2, -0.15) is 0 Å². The first-order valence-corrected chi connectivity index (χ1v) is 4.70. The summed E-state index contributed by atoms with van der Waals surface area (Å²) in [5.41, 5.74) is 0.564. The zero-order valence-electron chi connectivity index (χ0n) is 7.93. The Morgan fingerprint density at radius 3 is 2.45 bits per heavy atom. The molecule has 1 N–H and O–H groups in total. The third-order valence-electron chi connectivity index (χ3n) is 3.18. The van der Waals surface area contributed by atoms with Gasteiger partial charge in [0, 0.05) is 0 Å². The van der Waals surface area contributed by atoms with Crippen molar-refractivity contribution in [3.8, 4) is 0 Å². The predicted molar refractivity (Wildman–Crippen MR) is 47.4 cm³/mol. The minimum Gasteiger partial charge on any atom is -0.393 e. The van der Waals surface area contributed by atoms with E-state index in [2.05, 4.69) is 13.8 Å². The maximum absolute atomic E-state index is 9.09. The average Bonchev–Trinajstić information content (AvgIpc) is 1.85. The molecule has 2 unspecified atom stereocenters. The highest BCUT2D eigenvalue weighted by atomic mass is 16.3. The van der Waals surface area contributed by atoms with Crippen LogP contribution in [-0.2, 0) is 0 Å². The van der Waals surface area contributed by atoms with E-state index in [9.17, 15) is 0 Å². The molecule has 11 heavy (non-hydrogen) atoms. The van der Waals surface area contributed by atoms with E-state index in [-0.39, 0.29) is 6.10 Å². The summed E-state index contributed by atoms with van der Waals surface area (Å²) in [6, 6.07) is 0. The highest BCUT2D eigenvalue weighted by Crippen LogP contribution is 2.48. The van der Waals surface area contributed by atoms with E-state index in [0.717, 1.165) is 12.3 Å². The Hall–Kier alpha value is -0.0400. The largest absolute Gasteiger partial charge is 0.393 e. The fourth-order valence-electron chi connectivity index (χ4n) is 1.90. The lowest BCUT2D eigenvalue weighted by atomic mass is 9.61. The Balaban J connectivity index is 2.18. The molecule has 0 bridgehead atoms. The molecule has 0 saturated heterocycles. The molecule has 0 aromatic carbocycles. The third-order valence-corrected chi connectivity index (χ3v) is 3.18. The van der Waals surface area contributed by atoms with E-state index in [1.165, 1.54) is 19.3 Å². The molecule has 0 radical (unpaired) electrons. The van der Waals surface area contributed by atoms with Gasteiger partial charge in [-0.25, -0.2) is 0 Å². The van der Waals surface area contributed by atoms with E-state index in [4.69, 9.17) is 5.11 Å². The molecule has 0 aromatic heterocycles. The molecule has 1 rings (SSSR count). The second kappa shape index (κ2) is 3.14. The van der Waals surface area contributed by atoms with Crippen molar-refractivity contribution in [2.24, 2.45) is 11.3 Å². The molecule has 1 aliphatic rings. The normalized spacial score (nSPS) is 31.1. The van der Waals surface area contributed by atoms with Gasteiger partial charge in [0.1, 0.15) is 0 Å². The number of hydrogen-bond acceptors (Lipinski definition) is 1. The zero-order valence-corrected chi connectivity index (χ0v) is 7.93. The van der Waals surface area contributed by atoms with Crippen LogP contribution in [0, 0.1) is 11.3 Å². The first-order chi connectivity index (χ1) is 5.02. The van der Waals surface area contributed by atoms with Crippen molar-refractivity contribution in [1.82, 2.24) is 0 Å². The Kier molecular flexibility index (Phi) is 2.58. The van der Waals surface area contributed by atoms with Crippen molar-refractivity contribution in [1.29, 1.82) is 0 Å². The maximum Gasteiger partial charge on any atom is 0.0512 e. The second-order valence-corrected chi connectivity index (χ2v) is 4.65. The first kappa shape index (κ1) is 9.05. The molecule has 1 aliphatic carbocycles. The van der Waals surface area contributed by atoms with E-state index >= 15 is 0 Å². The topological polar surface area (TPSA) is 20.2 Å². The van der Waals surface area contributed by atoms with Crippen LogP contribution < -0.4 is 0 Å². The zero-order chi connectivity index (χ0) is 8.48. The molecule has 0 aliphatic heterocycles. The third kappa shape index (κ3) is 2.19. The van der Waals surface area contributed by atoms with Gasteiger partial charge >= 0.3 is 0 Å². The number of aliphatic hydroxyl groups is 1. The molecule has 1 saturated carbocycles. The van der Waals surface area contributed by atoms with Crippen molar-refractivity contribution in [3.05, 3.63) is 0 Å². The molecule has 0 spiro atoms. The minimum atomic E-state index is -0.105. The van der Waals surface area contributed by atoms with Gasteiger partial charge in [0.2, 0.25) is 0 Å². The van der Waals surface area contributed by atoms with Crippen molar-refractivity contribution in [3.63, 3.8) is 0 Å². The smallest absolute Gasteiger partial charge is 0.0512 e. The summed E-state index contributed by atoms with van der Waals surface area (Å²) >= 11 is 0. The van der Waals surface area contributed by atoms with Gasteiger partial charge in [0.05, 0.1) is 6.10 Å². The number of aliphatic hydroxyl groups excluding tert-OH is 1. The summed E-state index contributed by atoms with van der Waals surface area (Å²) in [6.07, 6.45) is 4.84. The molecule has 66 valence electrons. The lowest BCUT2D eigenvalue weighted by molar-refractivity contribution is 0.0496. The van der Waals surface area contributed by atoms with Gasteiger partial charge in [-0.15, -0.1) is 0 Å². The molecule has 0 aromatic rings. The van der Waals surface area contributed by atoms with E-state index in [1.54, 1.807) is 0 Å². The van der Waals surface area contributed by atoms with E-state index in [0.29, 0.717) is 5.41 Å². The van der Waals surface area contributed by atoms with Crippen LogP contribution in [0.4, 0.5) is 0 Å². The van der Waals surface area contributed by atoms with Crippen LogP contribution in [0.25, 0.3) is 0 Å². The highest BCUT2D eigenvalue weighted by Gasteiger charge is 2.37. The van der Waals surface area contributed by atoms with Crippen LogP contribution in [0.1, 0.15) is 46.5 Å². The fourth-order valence-corrected chi connectivity index (χ4v) is 1.90. The van der Waals surface area contributed by atoms with Crippen LogP contribution in [-0.4, -0.2) is 11.2 Å². The van der Waals surface area contributed by atoms with Crippen molar-refractivity contribution < 1.29 is 5.11 Å². The Labute approximate surface area is 69.8 Å². The molecule has 0 heterocycles. The summed E-state index contributed by atoms with van der Waals surface area (Å²) in [5, 5.41) is 9.09. The van der Waals surface area contributed by atoms with Crippen LogP contribution in [0.2, 0.25) is 0 Å². The van der Waals surface area contributed by atoms with E-state index in [1.807, 2.05) is 6.92 Å². The molecule has 2 atom stereocenters. The molecular formula is C10H20O. The lowest BCUT2D eigenvalue weighted by Crippen LogP contribution is -2.34. The molecule has 1 fully saturated rings. The SMILES string of the molecule is CC(O)CCC1CCC1(C)C. The van der Waals surface area contributed by atoms with Gasteiger partial charge in [0.15, 0.2) is 0 Å². The lowest BCUT2D eigenvalue weighted by Gasteiger charge is -2.45. The van der Waals surface area contributed by atoms with Gasteiger partial charge in [-0.1, -0.05) is 13.8 Å². The second-order valence-electron chi connectivity index (χ2n) is 4.65. The number of hydrogen-bond donors (Lipinski definition) is 1. The van der Waals surface area contributed by atoms with Crippen molar-refractivity contribution >= 4 is 0 Å². The van der Waals surface area contributed by atoms with E-state index < -0.39 is 0 Å². The monoisotopic (exact) mass is 156 g/mol. The fraction of sp³-hybridized carbons (Fsp3) is 1.00. The first-order valence-electron chi connectivity index (χ1n) is 4.70. The minimum absolute atomic E-state index is 0.105. The Bertz CT molecular complexity index is 127. The van der Waals surface area contributed by atoms with Crippen LogP contribution >= 0.6 is 0 Å². The van der Waals surface area contributed by atoms with Crippen LogP contribution in [0.5, 0.6) is 0 Å². The molecule has 0 amide bonds. The van der Waals surface area contributed by atoms with Crippen LogP contribution in [0.3, 0.4) is 0 Å². The summed E-state index contributed by atoms with van der Waals surface area (Å²) < 4.78 is 0. The summed E-state index contributed by atoms with van der Waals surface area (Å²) in [6.45, 7) is 6.55. The molecular weight excluding hydrogens is 136 g/mol. The average molecular weight is 156 g/mol. The van der Waals surface area contributed by atoms with Crippen LogP contribution in [0.15, 0.2) is 0 Å². The Morgan fingerprint density at radius 1 is 1.55 bits per heavy atom. The summed E-state index contributed by atoms with van der Waals surface area (Å²) in [7, 11) is 0. The number of rotatable bonds is 3. The summed E-state index contributed by atoms with van der Waals surface area (Å²) in [4.78, 5) is 0. The van der Waals surface area contributed by atoms with Gasteiger partial charge in [-0.05, 0) is 43.9 Å². The molecule has 1 nitrogen and oxygen atoms in total. The van der Waals surface area contributed by atoms with Gasteiger partial charge < -0.3 is 5.11 Å². The van der Waals surface area contributed by atoms with Crippen molar-refractivity contribution in [2.75, 3.05) is 0 Å². The maximum atomic E-state index is 9.09. The molecule has 1 heteroatoms. The van der Waals surface area contributed by atoms with Gasteiger partial charge in [0.25, 0.3) is 0 Å². The quantitative estimate of drug-likeness (QED) is 0.666. The summed E-state index contributed by atoms with van der Waals surface area (Å²) in [5.74, 6) is 0.872. The standard InChI is InChI=1S/C10H20O/c1-8(11)4-5-9-6-7-10(9,2)3/h8-9,11H,4-7H2,1-3H3.